The standard InChI is InChI=1S/C10H10ClFN4OS/c11-5-3-7-8(4-6(5)12)16(10(18)15-7)2-1-14-9(13)17/h3-4H,1-2H2,(H,15,18)(H3,13,14,17). The van der Waals surface area contributed by atoms with Crippen LogP contribution in [0.4, 0.5) is 9.18 Å². The molecule has 2 aromatic rings. The van der Waals surface area contributed by atoms with Crippen LogP contribution in [0.5, 0.6) is 0 Å². The van der Waals surface area contributed by atoms with Gasteiger partial charge in [-0.25, -0.2) is 9.18 Å². The molecule has 5 nitrogen and oxygen atoms in total. The van der Waals surface area contributed by atoms with Crippen LogP contribution < -0.4 is 11.1 Å². The molecule has 0 aliphatic carbocycles. The molecular formula is C10H10ClFN4OS. The molecule has 2 rings (SSSR count). The Morgan fingerprint density at radius 3 is 3.00 bits per heavy atom. The van der Waals surface area contributed by atoms with Gasteiger partial charge >= 0.3 is 6.03 Å². The number of fused-ring (bicyclic) bond motifs is 1. The number of nitrogens with one attached hydrogen (secondary N) is 2. The predicted molar refractivity (Wildman–Crippen MR) is 69.7 cm³/mol. The number of aromatic amines is 1. The van der Waals surface area contributed by atoms with Crippen LogP contribution in [0, 0.1) is 10.6 Å². The van der Waals surface area contributed by atoms with Crippen LogP contribution in [0.15, 0.2) is 12.1 Å². The number of nitrogens with two attached hydrogens (primary N) is 1. The van der Waals surface area contributed by atoms with E-state index in [9.17, 15) is 9.18 Å². The summed E-state index contributed by atoms with van der Waals surface area (Å²) in [4.78, 5) is 13.5. The number of urea groups is 1. The molecule has 2 amide bonds. The summed E-state index contributed by atoms with van der Waals surface area (Å²) in [6.07, 6.45) is 0. The van der Waals surface area contributed by atoms with Gasteiger partial charge in [0.2, 0.25) is 0 Å². The summed E-state index contributed by atoms with van der Waals surface area (Å²) in [6, 6.07) is 2.16. The summed E-state index contributed by atoms with van der Waals surface area (Å²) in [6.45, 7) is 0.698. The molecule has 1 heterocycles. The number of carbonyl (C=O) groups is 1. The van der Waals surface area contributed by atoms with Gasteiger partial charge in [0.25, 0.3) is 0 Å². The van der Waals surface area contributed by atoms with Crippen molar-refractivity contribution in [3.05, 3.63) is 27.7 Å². The summed E-state index contributed by atoms with van der Waals surface area (Å²) >= 11 is 10.8. The van der Waals surface area contributed by atoms with Gasteiger partial charge in [-0.1, -0.05) is 11.6 Å². The topological polar surface area (TPSA) is 75.8 Å². The summed E-state index contributed by atoms with van der Waals surface area (Å²) in [5.74, 6) is -0.519. The fourth-order valence-corrected chi connectivity index (χ4v) is 2.13. The van der Waals surface area contributed by atoms with Crippen molar-refractivity contribution in [2.75, 3.05) is 6.54 Å². The Bertz CT molecular complexity index is 666. The lowest BCUT2D eigenvalue weighted by molar-refractivity contribution is 0.248. The highest BCUT2D eigenvalue weighted by atomic mass is 35.5. The number of primary amides is 1. The Morgan fingerprint density at radius 1 is 1.61 bits per heavy atom. The number of amides is 2. The third-order valence-electron chi connectivity index (χ3n) is 2.45. The molecule has 1 aromatic carbocycles. The number of hydrogen-bond donors (Lipinski definition) is 3. The predicted octanol–water partition coefficient (Wildman–Crippen LogP) is 2.16. The quantitative estimate of drug-likeness (QED) is 0.757. The van der Waals surface area contributed by atoms with Crippen LogP contribution >= 0.6 is 23.8 Å². The van der Waals surface area contributed by atoms with Gasteiger partial charge in [0, 0.05) is 19.2 Å². The highest BCUT2D eigenvalue weighted by Gasteiger charge is 2.08. The summed E-state index contributed by atoms with van der Waals surface area (Å²) in [7, 11) is 0. The Kier molecular flexibility index (Phi) is 3.53. The van der Waals surface area contributed by atoms with Crippen molar-refractivity contribution in [2.24, 2.45) is 5.73 Å². The summed E-state index contributed by atoms with van der Waals surface area (Å²) < 4.78 is 15.5. The monoisotopic (exact) mass is 288 g/mol. The molecule has 0 aliphatic heterocycles. The number of carbonyl (C=O) groups excluding carboxylic acids is 1. The summed E-state index contributed by atoms with van der Waals surface area (Å²) in [5.41, 5.74) is 6.19. The maximum absolute atomic E-state index is 13.4. The molecule has 0 saturated carbocycles. The molecule has 8 heteroatoms. The second kappa shape index (κ2) is 4.95. The third kappa shape index (κ3) is 2.46. The van der Waals surface area contributed by atoms with Crippen molar-refractivity contribution in [3.8, 4) is 0 Å². The number of rotatable bonds is 3. The maximum atomic E-state index is 13.4. The Hall–Kier alpha value is -1.60. The second-order valence-corrected chi connectivity index (χ2v) is 4.45. The number of H-pyrrole nitrogens is 1. The fraction of sp³-hybridized carbons (Fsp3) is 0.200. The zero-order valence-electron chi connectivity index (χ0n) is 9.17. The van der Waals surface area contributed by atoms with Gasteiger partial charge in [-0.15, -0.1) is 0 Å². The normalized spacial score (nSPS) is 10.8. The van der Waals surface area contributed by atoms with Crippen LogP contribution in [0.2, 0.25) is 5.02 Å². The van der Waals surface area contributed by atoms with E-state index in [0.29, 0.717) is 28.9 Å². The van der Waals surface area contributed by atoms with Gasteiger partial charge in [0.05, 0.1) is 16.1 Å². The van der Waals surface area contributed by atoms with E-state index < -0.39 is 11.8 Å². The molecule has 4 N–H and O–H groups in total. The Morgan fingerprint density at radius 2 is 2.33 bits per heavy atom. The minimum absolute atomic E-state index is 0.0289. The van der Waals surface area contributed by atoms with E-state index in [2.05, 4.69) is 10.3 Å². The molecule has 0 saturated heterocycles. The highest BCUT2D eigenvalue weighted by molar-refractivity contribution is 7.71. The molecule has 1 aromatic heterocycles. The minimum atomic E-state index is -0.615. The van der Waals surface area contributed by atoms with Crippen molar-refractivity contribution in [1.82, 2.24) is 14.9 Å². The first-order chi connectivity index (χ1) is 8.49. The lowest BCUT2D eigenvalue weighted by Crippen LogP contribution is -2.32. The van der Waals surface area contributed by atoms with Crippen molar-refractivity contribution < 1.29 is 9.18 Å². The van der Waals surface area contributed by atoms with Crippen molar-refractivity contribution in [1.29, 1.82) is 0 Å². The number of halogens is 2. The first-order valence-electron chi connectivity index (χ1n) is 5.10. The van der Waals surface area contributed by atoms with E-state index in [4.69, 9.17) is 29.6 Å². The lowest BCUT2D eigenvalue weighted by Gasteiger charge is -2.05. The SMILES string of the molecule is NC(=O)NCCn1c(=S)[nH]c2cc(Cl)c(F)cc21. The van der Waals surface area contributed by atoms with E-state index in [-0.39, 0.29) is 5.02 Å². The Labute approximate surface area is 112 Å². The third-order valence-corrected chi connectivity index (χ3v) is 3.06. The average Bonchev–Trinajstić information content (AvgIpc) is 2.56. The van der Waals surface area contributed by atoms with Gasteiger partial charge in [-0.05, 0) is 18.3 Å². The Balaban J connectivity index is 2.37. The van der Waals surface area contributed by atoms with Gasteiger partial charge in [0.15, 0.2) is 4.77 Å². The van der Waals surface area contributed by atoms with Crippen LogP contribution in [0.1, 0.15) is 0 Å². The number of imidazole rings is 1. The van der Waals surface area contributed by atoms with Crippen LogP contribution in [-0.2, 0) is 6.54 Å². The molecular weight excluding hydrogens is 279 g/mol. The lowest BCUT2D eigenvalue weighted by atomic mass is 10.3. The van der Waals surface area contributed by atoms with Gasteiger partial charge in [-0.2, -0.15) is 0 Å². The first kappa shape index (κ1) is 12.8. The zero-order valence-corrected chi connectivity index (χ0v) is 10.7. The first-order valence-corrected chi connectivity index (χ1v) is 5.88. The number of aromatic nitrogens is 2. The number of nitrogens with zero attached hydrogens (tertiary/aromatic N) is 1. The van der Waals surface area contributed by atoms with E-state index in [1.165, 1.54) is 12.1 Å². The van der Waals surface area contributed by atoms with E-state index in [1.54, 1.807) is 4.57 Å². The van der Waals surface area contributed by atoms with Crippen LogP contribution in [0.3, 0.4) is 0 Å². The second-order valence-electron chi connectivity index (χ2n) is 3.66. The average molecular weight is 289 g/mol. The molecule has 0 spiro atoms. The molecule has 18 heavy (non-hydrogen) atoms. The molecule has 96 valence electrons. The molecule has 0 unspecified atom stereocenters. The van der Waals surface area contributed by atoms with Gasteiger partial charge < -0.3 is 20.6 Å². The molecule has 0 fully saturated rings. The zero-order chi connectivity index (χ0) is 13.3. The van der Waals surface area contributed by atoms with Gasteiger partial charge in [-0.3, -0.25) is 0 Å². The largest absolute Gasteiger partial charge is 0.352 e. The summed E-state index contributed by atoms with van der Waals surface area (Å²) in [5, 5.41) is 2.47. The smallest absolute Gasteiger partial charge is 0.312 e. The van der Waals surface area contributed by atoms with Gasteiger partial charge in [0.1, 0.15) is 5.82 Å². The van der Waals surface area contributed by atoms with Crippen LogP contribution in [0.25, 0.3) is 11.0 Å². The molecule has 0 aliphatic rings. The molecule has 0 bridgehead atoms. The number of benzene rings is 1. The maximum Gasteiger partial charge on any atom is 0.312 e. The highest BCUT2D eigenvalue weighted by Crippen LogP contribution is 2.22. The van der Waals surface area contributed by atoms with Crippen molar-refractivity contribution in [2.45, 2.75) is 6.54 Å². The number of hydrogen-bond acceptors (Lipinski definition) is 2. The van der Waals surface area contributed by atoms with E-state index >= 15 is 0 Å². The molecule has 0 radical (unpaired) electrons. The van der Waals surface area contributed by atoms with Crippen LogP contribution in [-0.4, -0.2) is 22.1 Å². The van der Waals surface area contributed by atoms with E-state index in [0.717, 1.165) is 0 Å². The fourth-order valence-electron chi connectivity index (χ4n) is 1.66. The van der Waals surface area contributed by atoms with Crippen molar-refractivity contribution in [3.63, 3.8) is 0 Å². The van der Waals surface area contributed by atoms with Crippen molar-refractivity contribution >= 4 is 40.9 Å². The molecule has 0 atom stereocenters. The minimum Gasteiger partial charge on any atom is -0.352 e. The van der Waals surface area contributed by atoms with E-state index in [1.807, 2.05) is 0 Å².